The number of benzene rings is 1. The van der Waals surface area contributed by atoms with Crippen LogP contribution >= 0.6 is 0 Å². The lowest BCUT2D eigenvalue weighted by molar-refractivity contribution is 0.102. The number of nitrogens with two attached hydrogens (primary N) is 1. The van der Waals surface area contributed by atoms with Crippen LogP contribution in [-0.4, -0.2) is 50.3 Å². The van der Waals surface area contributed by atoms with E-state index in [0.29, 0.717) is 29.2 Å². The van der Waals surface area contributed by atoms with Crippen LogP contribution in [0.4, 0.5) is 11.8 Å². The van der Waals surface area contributed by atoms with Gasteiger partial charge >= 0.3 is 0 Å². The number of hydrogen-bond acceptors (Lipinski definition) is 6. The number of rotatable bonds is 5. The van der Waals surface area contributed by atoms with E-state index in [4.69, 9.17) is 10.7 Å². The first kappa shape index (κ1) is 20.8. The maximum absolute atomic E-state index is 12.8. The predicted molar refractivity (Wildman–Crippen MR) is 132 cm³/mol. The van der Waals surface area contributed by atoms with Crippen molar-refractivity contribution < 1.29 is 4.79 Å². The molecule has 1 atom stereocenters. The van der Waals surface area contributed by atoms with Crippen molar-refractivity contribution in [2.45, 2.75) is 31.1 Å². The summed E-state index contributed by atoms with van der Waals surface area (Å²) in [6.45, 7) is 2.03. The molecule has 3 N–H and O–H groups in total. The number of amides is 1. The van der Waals surface area contributed by atoms with E-state index in [1.165, 1.54) is 18.4 Å². The van der Waals surface area contributed by atoms with Gasteiger partial charge in [0.15, 0.2) is 0 Å². The van der Waals surface area contributed by atoms with Crippen molar-refractivity contribution in [3.05, 3.63) is 71.7 Å². The zero-order valence-corrected chi connectivity index (χ0v) is 19.1. The van der Waals surface area contributed by atoms with Gasteiger partial charge in [-0.1, -0.05) is 12.1 Å². The molecule has 0 bridgehead atoms. The first-order chi connectivity index (χ1) is 16.6. The highest BCUT2D eigenvalue weighted by Crippen LogP contribution is 2.40. The van der Waals surface area contributed by atoms with Gasteiger partial charge in [0.1, 0.15) is 11.6 Å². The van der Waals surface area contributed by atoms with Crippen LogP contribution in [0.3, 0.4) is 0 Å². The Bertz CT molecular complexity index is 1370. The summed E-state index contributed by atoms with van der Waals surface area (Å²) in [4.78, 5) is 28.8. The first-order valence-corrected chi connectivity index (χ1v) is 11.8. The molecule has 1 aromatic carbocycles. The number of pyridine rings is 1. The average molecular weight is 454 g/mol. The molecule has 3 aromatic heterocycles. The van der Waals surface area contributed by atoms with Crippen LogP contribution in [0.1, 0.15) is 52.7 Å². The molecule has 4 aromatic rings. The van der Waals surface area contributed by atoms with Gasteiger partial charge in [-0.15, -0.1) is 0 Å². The number of fused-ring (bicyclic) bond motifs is 1. The van der Waals surface area contributed by atoms with Gasteiger partial charge in [-0.3, -0.25) is 9.20 Å². The Kier molecular flexibility index (Phi) is 5.03. The summed E-state index contributed by atoms with van der Waals surface area (Å²) < 4.78 is 1.91. The van der Waals surface area contributed by atoms with Gasteiger partial charge in [0, 0.05) is 36.0 Å². The van der Waals surface area contributed by atoms with Crippen molar-refractivity contribution in [1.29, 1.82) is 0 Å². The fourth-order valence-electron chi connectivity index (χ4n) is 4.88. The zero-order chi connectivity index (χ0) is 23.2. The fraction of sp³-hybridized carbons (Fsp3) is 0.308. The predicted octanol–water partition coefficient (Wildman–Crippen LogP) is 3.92. The van der Waals surface area contributed by atoms with E-state index < -0.39 is 0 Å². The molecule has 6 rings (SSSR count). The van der Waals surface area contributed by atoms with Gasteiger partial charge < -0.3 is 16.0 Å². The Labute approximate surface area is 197 Å². The standard InChI is InChI=1S/C26H27N7O/c1-32-13-10-20(15-32)23-21-9-12-29-26(27)33(21)24(31-23)17-4-6-18(7-5-17)25(34)30-22-14-19(8-11-28-22)16-2-3-16/h4-9,11-12,14,16,20H,2-3,10,13,15H2,1H3,(H2,27,29)(H,28,30,34). The van der Waals surface area contributed by atoms with E-state index in [1.807, 2.05) is 46.9 Å². The van der Waals surface area contributed by atoms with Gasteiger partial charge in [-0.25, -0.2) is 15.0 Å². The molecule has 1 saturated heterocycles. The molecule has 34 heavy (non-hydrogen) atoms. The van der Waals surface area contributed by atoms with Crippen molar-refractivity contribution in [1.82, 2.24) is 24.3 Å². The number of nitrogen functional groups attached to an aromatic ring is 1. The van der Waals surface area contributed by atoms with Crippen LogP contribution in [0, 0.1) is 0 Å². The van der Waals surface area contributed by atoms with E-state index >= 15 is 0 Å². The first-order valence-electron chi connectivity index (χ1n) is 11.8. The lowest BCUT2D eigenvalue weighted by atomic mass is 10.0. The minimum Gasteiger partial charge on any atom is -0.369 e. The largest absolute Gasteiger partial charge is 0.369 e. The molecule has 4 heterocycles. The number of aromatic nitrogens is 4. The average Bonchev–Trinajstić information content (AvgIpc) is 3.50. The quantitative estimate of drug-likeness (QED) is 0.475. The van der Waals surface area contributed by atoms with Crippen molar-refractivity contribution >= 4 is 23.2 Å². The number of imidazole rings is 1. The minimum atomic E-state index is -0.184. The Morgan fingerprint density at radius 2 is 1.82 bits per heavy atom. The molecular weight excluding hydrogens is 426 g/mol. The Balaban J connectivity index is 1.29. The summed E-state index contributed by atoms with van der Waals surface area (Å²) in [6, 6.07) is 13.4. The maximum atomic E-state index is 12.8. The van der Waals surface area contributed by atoms with Crippen LogP contribution in [0.25, 0.3) is 16.9 Å². The second-order valence-electron chi connectivity index (χ2n) is 9.37. The number of hydrogen-bond donors (Lipinski definition) is 2. The number of likely N-dealkylation sites (N-methyl/N-ethyl adjacent to an activating group) is 1. The summed E-state index contributed by atoms with van der Waals surface area (Å²) in [5.74, 6) is 2.52. The number of carbonyl (C=O) groups is 1. The normalized spacial score (nSPS) is 18.4. The third kappa shape index (κ3) is 3.80. The van der Waals surface area contributed by atoms with Gasteiger partial charge in [0.2, 0.25) is 5.95 Å². The van der Waals surface area contributed by atoms with Gasteiger partial charge in [0.05, 0.1) is 11.2 Å². The van der Waals surface area contributed by atoms with Crippen LogP contribution in [0.2, 0.25) is 0 Å². The van der Waals surface area contributed by atoms with Crippen LogP contribution < -0.4 is 11.1 Å². The highest BCUT2D eigenvalue weighted by Gasteiger charge is 2.27. The number of nitrogens with zero attached hydrogens (tertiary/aromatic N) is 5. The molecule has 2 fully saturated rings. The van der Waals surface area contributed by atoms with Crippen molar-refractivity contribution in [2.75, 3.05) is 31.2 Å². The third-order valence-corrected chi connectivity index (χ3v) is 6.87. The second kappa shape index (κ2) is 8.22. The van der Waals surface area contributed by atoms with E-state index in [-0.39, 0.29) is 5.91 Å². The van der Waals surface area contributed by atoms with E-state index in [0.717, 1.165) is 42.1 Å². The molecule has 8 heteroatoms. The molecule has 8 nitrogen and oxygen atoms in total. The van der Waals surface area contributed by atoms with E-state index in [9.17, 15) is 4.79 Å². The topological polar surface area (TPSA) is 101 Å². The Morgan fingerprint density at radius 3 is 2.56 bits per heavy atom. The van der Waals surface area contributed by atoms with Crippen LogP contribution in [0.15, 0.2) is 54.9 Å². The molecule has 1 saturated carbocycles. The number of likely N-dealkylation sites (tertiary alicyclic amines) is 1. The molecule has 2 aliphatic rings. The second-order valence-corrected chi connectivity index (χ2v) is 9.37. The summed E-state index contributed by atoms with van der Waals surface area (Å²) >= 11 is 0. The van der Waals surface area contributed by atoms with Crippen LogP contribution in [-0.2, 0) is 0 Å². The molecule has 1 aliphatic heterocycles. The highest BCUT2D eigenvalue weighted by molar-refractivity contribution is 6.04. The van der Waals surface area contributed by atoms with Gasteiger partial charge in [-0.2, -0.15) is 0 Å². The summed E-state index contributed by atoms with van der Waals surface area (Å²) in [7, 11) is 2.14. The minimum absolute atomic E-state index is 0.184. The van der Waals surface area contributed by atoms with Crippen molar-refractivity contribution in [3.8, 4) is 11.4 Å². The number of anilines is 2. The zero-order valence-electron chi connectivity index (χ0n) is 19.1. The van der Waals surface area contributed by atoms with Gasteiger partial charge in [0.25, 0.3) is 5.91 Å². The summed E-state index contributed by atoms with van der Waals surface area (Å²) in [5.41, 5.74) is 11.0. The summed E-state index contributed by atoms with van der Waals surface area (Å²) in [6.07, 6.45) is 6.98. The molecular formula is C26H27N7O. The lowest BCUT2D eigenvalue weighted by Gasteiger charge is -2.08. The Morgan fingerprint density at radius 1 is 1.03 bits per heavy atom. The Hall–Kier alpha value is -3.78. The van der Waals surface area contributed by atoms with Crippen molar-refractivity contribution in [3.63, 3.8) is 0 Å². The third-order valence-electron chi connectivity index (χ3n) is 6.87. The summed E-state index contributed by atoms with van der Waals surface area (Å²) in [5, 5.41) is 2.92. The molecule has 172 valence electrons. The van der Waals surface area contributed by atoms with Crippen molar-refractivity contribution in [2.24, 2.45) is 0 Å². The molecule has 0 radical (unpaired) electrons. The van der Waals surface area contributed by atoms with Gasteiger partial charge in [-0.05, 0) is 74.7 Å². The molecule has 0 spiro atoms. The molecule has 1 aliphatic carbocycles. The highest BCUT2D eigenvalue weighted by atomic mass is 16.1. The fourth-order valence-corrected chi connectivity index (χ4v) is 4.88. The van der Waals surface area contributed by atoms with E-state index in [1.54, 1.807) is 12.4 Å². The SMILES string of the molecule is CN1CCC(c2nc(-c3ccc(C(=O)Nc4cc(C5CC5)ccn4)cc3)n3c(N)nccc23)C1. The number of carbonyl (C=O) groups excluding carboxylic acids is 1. The smallest absolute Gasteiger partial charge is 0.256 e. The maximum Gasteiger partial charge on any atom is 0.256 e. The molecule has 1 unspecified atom stereocenters. The monoisotopic (exact) mass is 453 g/mol. The van der Waals surface area contributed by atoms with Crippen LogP contribution in [0.5, 0.6) is 0 Å². The van der Waals surface area contributed by atoms with E-state index in [2.05, 4.69) is 27.2 Å². The number of nitrogens with one attached hydrogen (secondary N) is 1. The lowest BCUT2D eigenvalue weighted by Crippen LogP contribution is -2.13. The molecule has 1 amide bonds.